The van der Waals surface area contributed by atoms with Gasteiger partial charge in [0.25, 0.3) is 0 Å². The summed E-state index contributed by atoms with van der Waals surface area (Å²) in [5.74, 6) is 0.799. The summed E-state index contributed by atoms with van der Waals surface area (Å²) >= 11 is 0. The van der Waals surface area contributed by atoms with Gasteiger partial charge in [-0.2, -0.15) is 4.98 Å². The summed E-state index contributed by atoms with van der Waals surface area (Å²) in [7, 11) is 7.53. The topological polar surface area (TPSA) is 87.5 Å². The first-order chi connectivity index (χ1) is 17.8. The molecule has 2 heterocycles. The Kier molecular flexibility index (Phi) is 7.69. The number of rotatable bonds is 10. The Morgan fingerprint density at radius 3 is 2.70 bits per heavy atom. The molecule has 4 rings (SSSR count). The van der Waals surface area contributed by atoms with Crippen molar-refractivity contribution in [1.82, 2.24) is 19.4 Å². The zero-order chi connectivity index (χ0) is 26.5. The van der Waals surface area contributed by atoms with E-state index in [9.17, 15) is 9.18 Å². The van der Waals surface area contributed by atoms with E-state index in [0.29, 0.717) is 39.8 Å². The van der Waals surface area contributed by atoms with Gasteiger partial charge in [-0.25, -0.2) is 9.37 Å². The summed E-state index contributed by atoms with van der Waals surface area (Å²) in [4.78, 5) is 25.3. The summed E-state index contributed by atoms with van der Waals surface area (Å²) in [6.45, 7) is 5.12. The molecule has 192 valence electrons. The highest BCUT2D eigenvalue weighted by Gasteiger charge is 2.17. The molecule has 37 heavy (non-hydrogen) atoms. The predicted octanol–water partition coefficient (Wildman–Crippen LogP) is 4.43. The van der Waals surface area contributed by atoms with Crippen molar-refractivity contribution in [1.29, 1.82) is 0 Å². The lowest BCUT2D eigenvalue weighted by atomic mass is 10.2. The van der Waals surface area contributed by atoms with E-state index in [2.05, 4.69) is 32.1 Å². The van der Waals surface area contributed by atoms with Crippen molar-refractivity contribution in [2.45, 2.75) is 0 Å². The maximum atomic E-state index is 14.2. The molecular weight excluding hydrogens is 473 g/mol. The number of halogens is 1. The highest BCUT2D eigenvalue weighted by Crippen LogP contribution is 2.38. The number of nitrogens with one attached hydrogen (secondary N) is 2. The first kappa shape index (κ1) is 25.6. The van der Waals surface area contributed by atoms with E-state index in [1.807, 2.05) is 38.2 Å². The van der Waals surface area contributed by atoms with Crippen LogP contribution in [-0.4, -0.2) is 66.7 Å². The molecule has 0 atom stereocenters. The number of anilines is 4. The first-order valence-corrected chi connectivity index (χ1v) is 11.7. The van der Waals surface area contributed by atoms with Crippen LogP contribution in [0.2, 0.25) is 0 Å². The fourth-order valence-electron chi connectivity index (χ4n) is 3.90. The molecule has 0 radical (unpaired) electrons. The minimum atomic E-state index is -0.330. The summed E-state index contributed by atoms with van der Waals surface area (Å²) in [5.41, 5.74) is 2.63. The van der Waals surface area contributed by atoms with Gasteiger partial charge in [-0.3, -0.25) is 4.79 Å². The highest BCUT2D eigenvalue weighted by atomic mass is 19.1. The van der Waals surface area contributed by atoms with Crippen LogP contribution >= 0.6 is 0 Å². The zero-order valence-corrected chi connectivity index (χ0v) is 21.3. The Labute approximate surface area is 215 Å². The van der Waals surface area contributed by atoms with Gasteiger partial charge in [0.05, 0.1) is 29.7 Å². The Morgan fingerprint density at radius 1 is 1.16 bits per heavy atom. The van der Waals surface area contributed by atoms with E-state index in [-0.39, 0.29) is 11.7 Å². The Morgan fingerprint density at radius 2 is 1.97 bits per heavy atom. The minimum Gasteiger partial charge on any atom is -0.494 e. The summed E-state index contributed by atoms with van der Waals surface area (Å²) in [6.07, 6.45) is 4.60. The molecule has 10 heteroatoms. The Hall–Kier alpha value is -4.44. The van der Waals surface area contributed by atoms with Crippen LogP contribution in [0.1, 0.15) is 0 Å². The van der Waals surface area contributed by atoms with Gasteiger partial charge in [0.2, 0.25) is 11.9 Å². The Balaban J connectivity index is 1.70. The van der Waals surface area contributed by atoms with Crippen molar-refractivity contribution < 1.29 is 13.9 Å². The fraction of sp³-hybridized carbons (Fsp3) is 0.222. The van der Waals surface area contributed by atoms with E-state index < -0.39 is 0 Å². The van der Waals surface area contributed by atoms with Crippen LogP contribution in [0.3, 0.4) is 0 Å². The van der Waals surface area contributed by atoms with Gasteiger partial charge in [0.15, 0.2) is 0 Å². The molecule has 0 aliphatic carbocycles. The largest absolute Gasteiger partial charge is 0.494 e. The van der Waals surface area contributed by atoms with Crippen molar-refractivity contribution in [3.05, 3.63) is 73.3 Å². The third-order valence-corrected chi connectivity index (χ3v) is 5.87. The number of carbonyl (C=O) groups is 1. The molecule has 0 saturated heterocycles. The van der Waals surface area contributed by atoms with Crippen molar-refractivity contribution in [3.8, 4) is 11.6 Å². The lowest BCUT2D eigenvalue weighted by Crippen LogP contribution is -2.29. The molecule has 9 nitrogen and oxygen atoms in total. The number of amides is 1. The number of aromatic nitrogens is 3. The van der Waals surface area contributed by atoms with Crippen LogP contribution in [0.15, 0.2) is 67.5 Å². The maximum absolute atomic E-state index is 14.2. The highest BCUT2D eigenvalue weighted by molar-refractivity contribution is 6.02. The van der Waals surface area contributed by atoms with E-state index in [1.54, 1.807) is 48.3 Å². The van der Waals surface area contributed by atoms with Gasteiger partial charge in [-0.1, -0.05) is 12.6 Å². The molecule has 0 saturated carbocycles. The third kappa shape index (κ3) is 5.70. The number of carbonyl (C=O) groups excluding carboxylic acids is 1. The lowest BCUT2D eigenvalue weighted by molar-refractivity contribution is -0.111. The molecule has 2 N–H and O–H groups in total. The van der Waals surface area contributed by atoms with Gasteiger partial charge in [-0.05, 0) is 50.5 Å². The summed E-state index contributed by atoms with van der Waals surface area (Å²) in [6, 6.07) is 12.0. The van der Waals surface area contributed by atoms with Crippen LogP contribution in [0, 0.1) is 5.82 Å². The number of benzene rings is 2. The molecule has 2 aromatic heterocycles. The average molecular weight is 504 g/mol. The van der Waals surface area contributed by atoms with E-state index in [4.69, 9.17) is 4.74 Å². The number of likely N-dealkylation sites (N-methyl/N-ethyl adjacent to an activating group) is 2. The smallest absolute Gasteiger partial charge is 0.247 e. The number of hydrogen-bond acceptors (Lipinski definition) is 7. The monoisotopic (exact) mass is 503 g/mol. The van der Waals surface area contributed by atoms with Crippen LogP contribution in [0.25, 0.3) is 16.7 Å². The number of fused-ring (bicyclic) bond motifs is 1. The number of ether oxygens (including phenoxy) is 1. The van der Waals surface area contributed by atoms with E-state index >= 15 is 0 Å². The predicted molar refractivity (Wildman–Crippen MR) is 146 cm³/mol. The second kappa shape index (κ2) is 11.1. The van der Waals surface area contributed by atoms with Gasteiger partial charge < -0.3 is 29.7 Å². The summed E-state index contributed by atoms with van der Waals surface area (Å²) in [5, 5.41) is 6.58. The van der Waals surface area contributed by atoms with Gasteiger partial charge in [-0.15, -0.1) is 0 Å². The molecule has 0 aliphatic heterocycles. The standard InChI is InChI=1S/C27H30FN7O2/c1-6-26(36)30-20-16-21(24(37-5)17-23(20)34(4)15-14-33(2)3)31-27-29-12-10-25(32-27)35-13-11-18-19(28)8-7-9-22(18)35/h6-13,16-17H,1,14-15H2,2-5H3,(H,30,36)(H,29,31,32). The number of hydrogen-bond donors (Lipinski definition) is 2. The molecule has 2 aromatic carbocycles. The second-order valence-corrected chi connectivity index (χ2v) is 8.71. The minimum absolute atomic E-state index is 0.293. The molecule has 4 aromatic rings. The molecule has 0 unspecified atom stereocenters. The molecule has 0 fully saturated rings. The van der Waals surface area contributed by atoms with Crippen LogP contribution < -0.4 is 20.3 Å². The average Bonchev–Trinajstić information content (AvgIpc) is 3.33. The van der Waals surface area contributed by atoms with Crippen molar-refractivity contribution in [3.63, 3.8) is 0 Å². The molecular formula is C27H30FN7O2. The van der Waals surface area contributed by atoms with E-state index in [0.717, 1.165) is 18.8 Å². The first-order valence-electron chi connectivity index (χ1n) is 11.7. The van der Waals surface area contributed by atoms with Crippen LogP contribution in [0.4, 0.5) is 27.4 Å². The molecule has 1 amide bonds. The van der Waals surface area contributed by atoms with Gasteiger partial charge >= 0.3 is 0 Å². The van der Waals surface area contributed by atoms with Gasteiger partial charge in [0, 0.05) is 44.0 Å². The molecule has 0 aliphatic rings. The van der Waals surface area contributed by atoms with Crippen molar-refractivity contribution >= 4 is 39.8 Å². The number of methoxy groups -OCH3 is 1. The van der Waals surface area contributed by atoms with Crippen molar-refractivity contribution in [2.75, 3.05) is 56.9 Å². The fourth-order valence-corrected chi connectivity index (χ4v) is 3.90. The zero-order valence-electron chi connectivity index (χ0n) is 21.3. The normalized spacial score (nSPS) is 11.0. The van der Waals surface area contributed by atoms with Crippen molar-refractivity contribution in [2.24, 2.45) is 0 Å². The van der Waals surface area contributed by atoms with Crippen LogP contribution in [0.5, 0.6) is 5.75 Å². The molecule has 0 spiro atoms. The number of nitrogens with zero attached hydrogens (tertiary/aromatic N) is 5. The maximum Gasteiger partial charge on any atom is 0.247 e. The lowest BCUT2D eigenvalue weighted by Gasteiger charge is -2.26. The quantitative estimate of drug-likeness (QED) is 0.310. The SMILES string of the molecule is C=CC(=O)Nc1cc(Nc2nccc(-n3ccc4c(F)cccc43)n2)c(OC)cc1N(C)CCN(C)C. The summed E-state index contributed by atoms with van der Waals surface area (Å²) < 4.78 is 21.6. The van der Waals surface area contributed by atoms with Crippen LogP contribution in [-0.2, 0) is 4.79 Å². The Bertz CT molecular complexity index is 1430. The second-order valence-electron chi connectivity index (χ2n) is 8.71. The van der Waals surface area contributed by atoms with E-state index in [1.165, 1.54) is 12.1 Å². The third-order valence-electron chi connectivity index (χ3n) is 5.87. The molecule has 0 bridgehead atoms. The van der Waals surface area contributed by atoms with Gasteiger partial charge in [0.1, 0.15) is 17.4 Å².